The molecule has 0 saturated heterocycles. The van der Waals surface area contributed by atoms with Crippen LogP contribution in [0, 0.1) is 5.82 Å². The summed E-state index contributed by atoms with van der Waals surface area (Å²) in [7, 11) is 1.69. The van der Waals surface area contributed by atoms with Gasteiger partial charge in [0.15, 0.2) is 0 Å². The minimum Gasteiger partial charge on any atom is -0.385 e. The number of benzene rings is 1. The Hall–Kier alpha value is -0.450. The summed E-state index contributed by atoms with van der Waals surface area (Å²) < 4.78 is 19.5. The monoisotopic (exact) mass is 303 g/mol. The van der Waals surface area contributed by atoms with Crippen molar-refractivity contribution < 1.29 is 9.13 Å². The Morgan fingerprint density at radius 1 is 1.41 bits per heavy atom. The third-order valence-electron chi connectivity index (χ3n) is 2.72. The van der Waals surface area contributed by atoms with Gasteiger partial charge >= 0.3 is 0 Å². The molecule has 2 unspecified atom stereocenters. The predicted octanol–water partition coefficient (Wildman–Crippen LogP) is 3.66. The van der Waals surface area contributed by atoms with E-state index in [1.54, 1.807) is 13.2 Å². The van der Waals surface area contributed by atoms with E-state index in [0.717, 1.165) is 10.9 Å². The van der Waals surface area contributed by atoms with Gasteiger partial charge in [-0.15, -0.1) is 0 Å². The molecule has 4 heteroatoms. The predicted molar refractivity (Wildman–Crippen MR) is 71.6 cm³/mol. The Kier molecular flexibility index (Phi) is 6.09. The summed E-state index contributed by atoms with van der Waals surface area (Å²) in [5, 5.41) is 3.36. The average Bonchev–Trinajstić information content (AvgIpc) is 2.26. The van der Waals surface area contributed by atoms with Crippen molar-refractivity contribution in [2.24, 2.45) is 0 Å². The lowest BCUT2D eigenvalue weighted by Gasteiger charge is -2.20. The smallest absolute Gasteiger partial charge is 0.129 e. The molecule has 1 N–H and O–H groups in total. The van der Waals surface area contributed by atoms with Crippen molar-refractivity contribution in [3.63, 3.8) is 0 Å². The van der Waals surface area contributed by atoms with Crippen LogP contribution in [0.15, 0.2) is 22.7 Å². The molecule has 0 aliphatic heterocycles. The first-order valence-corrected chi connectivity index (χ1v) is 6.53. The van der Waals surface area contributed by atoms with E-state index in [2.05, 4.69) is 28.2 Å². The molecule has 96 valence electrons. The number of methoxy groups -OCH3 is 1. The molecule has 1 aromatic rings. The zero-order chi connectivity index (χ0) is 12.8. The minimum absolute atomic E-state index is 0.00467. The molecular formula is C13H19BrFNO. The molecule has 1 rings (SSSR count). The van der Waals surface area contributed by atoms with Gasteiger partial charge in [-0.25, -0.2) is 4.39 Å². The van der Waals surface area contributed by atoms with Gasteiger partial charge in [0.2, 0.25) is 0 Å². The molecule has 0 aliphatic carbocycles. The van der Waals surface area contributed by atoms with Crippen molar-refractivity contribution in [1.82, 2.24) is 5.32 Å². The van der Waals surface area contributed by atoms with Gasteiger partial charge in [-0.1, -0.05) is 22.0 Å². The highest BCUT2D eigenvalue weighted by Gasteiger charge is 2.13. The second-order valence-corrected chi connectivity index (χ2v) is 5.15. The summed E-state index contributed by atoms with van der Waals surface area (Å²) >= 11 is 3.25. The van der Waals surface area contributed by atoms with Crippen LogP contribution in [0.25, 0.3) is 0 Å². The Balaban J connectivity index is 2.60. The normalized spacial score (nSPS) is 14.6. The number of nitrogens with one attached hydrogen (secondary N) is 1. The summed E-state index contributed by atoms with van der Waals surface area (Å²) in [6.45, 7) is 4.76. The molecule has 0 bridgehead atoms. The molecule has 2 atom stereocenters. The van der Waals surface area contributed by atoms with Gasteiger partial charge in [0, 0.05) is 35.8 Å². The SMILES string of the molecule is COCCC(C)NC(C)c1ccc(Br)cc1F. The van der Waals surface area contributed by atoms with Crippen LogP contribution in [0.4, 0.5) is 4.39 Å². The maximum atomic E-state index is 13.7. The fourth-order valence-electron chi connectivity index (χ4n) is 1.75. The van der Waals surface area contributed by atoms with Crippen LogP contribution in [-0.2, 0) is 4.74 Å². The van der Waals surface area contributed by atoms with Crippen molar-refractivity contribution >= 4 is 15.9 Å². The van der Waals surface area contributed by atoms with Crippen LogP contribution < -0.4 is 5.32 Å². The van der Waals surface area contributed by atoms with Crippen LogP contribution in [0.5, 0.6) is 0 Å². The first-order valence-electron chi connectivity index (χ1n) is 5.74. The van der Waals surface area contributed by atoms with E-state index in [-0.39, 0.29) is 11.9 Å². The van der Waals surface area contributed by atoms with Crippen LogP contribution in [0.2, 0.25) is 0 Å². The maximum absolute atomic E-state index is 13.7. The van der Waals surface area contributed by atoms with Gasteiger partial charge in [-0.2, -0.15) is 0 Å². The van der Waals surface area contributed by atoms with Crippen LogP contribution >= 0.6 is 15.9 Å². The summed E-state index contributed by atoms with van der Waals surface area (Å²) in [5.41, 5.74) is 0.692. The summed E-state index contributed by atoms with van der Waals surface area (Å²) in [6, 6.07) is 5.45. The van der Waals surface area contributed by atoms with Crippen molar-refractivity contribution in [1.29, 1.82) is 0 Å². The second-order valence-electron chi connectivity index (χ2n) is 4.24. The summed E-state index contributed by atoms with van der Waals surface area (Å²) in [4.78, 5) is 0. The van der Waals surface area contributed by atoms with Gasteiger partial charge in [0.05, 0.1) is 0 Å². The van der Waals surface area contributed by atoms with Crippen LogP contribution in [0.1, 0.15) is 31.9 Å². The fourth-order valence-corrected chi connectivity index (χ4v) is 2.08. The maximum Gasteiger partial charge on any atom is 0.129 e. The van der Waals surface area contributed by atoms with E-state index in [4.69, 9.17) is 4.74 Å². The molecule has 0 radical (unpaired) electrons. The number of ether oxygens (including phenoxy) is 1. The molecule has 17 heavy (non-hydrogen) atoms. The van der Waals surface area contributed by atoms with Crippen LogP contribution in [-0.4, -0.2) is 19.8 Å². The molecular weight excluding hydrogens is 285 g/mol. The Labute approximate surface area is 111 Å². The molecule has 0 aliphatic rings. The zero-order valence-corrected chi connectivity index (χ0v) is 12.1. The number of rotatable bonds is 6. The van der Waals surface area contributed by atoms with Crippen LogP contribution in [0.3, 0.4) is 0 Å². The van der Waals surface area contributed by atoms with Gasteiger partial charge in [0.1, 0.15) is 5.82 Å². The molecule has 0 aromatic heterocycles. The standard InChI is InChI=1S/C13H19BrFNO/c1-9(6-7-17-3)16-10(2)12-5-4-11(14)8-13(12)15/h4-5,8-10,16H,6-7H2,1-3H3. The molecule has 2 nitrogen and oxygen atoms in total. The fraction of sp³-hybridized carbons (Fsp3) is 0.538. The van der Waals surface area contributed by atoms with Gasteiger partial charge < -0.3 is 10.1 Å². The molecule has 0 fully saturated rings. The lowest BCUT2D eigenvalue weighted by molar-refractivity contribution is 0.183. The van der Waals surface area contributed by atoms with Gasteiger partial charge in [-0.3, -0.25) is 0 Å². The topological polar surface area (TPSA) is 21.3 Å². The third-order valence-corrected chi connectivity index (χ3v) is 3.21. The van der Waals surface area contributed by atoms with Crippen molar-refractivity contribution in [2.75, 3.05) is 13.7 Å². The Bertz CT molecular complexity index is 359. The highest BCUT2D eigenvalue weighted by atomic mass is 79.9. The highest BCUT2D eigenvalue weighted by molar-refractivity contribution is 9.10. The average molecular weight is 304 g/mol. The highest BCUT2D eigenvalue weighted by Crippen LogP contribution is 2.21. The van der Waals surface area contributed by atoms with E-state index >= 15 is 0 Å². The summed E-state index contributed by atoms with van der Waals surface area (Å²) in [5.74, 6) is -0.182. The lowest BCUT2D eigenvalue weighted by Crippen LogP contribution is -2.30. The number of halogens is 2. The van der Waals surface area contributed by atoms with Gasteiger partial charge in [-0.05, 0) is 32.4 Å². The first-order chi connectivity index (χ1) is 8.04. The van der Waals surface area contributed by atoms with E-state index in [1.165, 1.54) is 6.07 Å². The molecule has 0 heterocycles. The third kappa shape index (κ3) is 4.74. The quantitative estimate of drug-likeness (QED) is 0.866. The van der Waals surface area contributed by atoms with E-state index < -0.39 is 0 Å². The molecule has 0 saturated carbocycles. The zero-order valence-electron chi connectivity index (χ0n) is 10.5. The van der Waals surface area contributed by atoms with Gasteiger partial charge in [0.25, 0.3) is 0 Å². The second kappa shape index (κ2) is 7.09. The van der Waals surface area contributed by atoms with E-state index in [9.17, 15) is 4.39 Å². The van der Waals surface area contributed by atoms with Crippen molar-refractivity contribution in [3.05, 3.63) is 34.1 Å². The van der Waals surface area contributed by atoms with Crippen molar-refractivity contribution in [2.45, 2.75) is 32.4 Å². The minimum atomic E-state index is -0.182. The number of hydrogen-bond acceptors (Lipinski definition) is 2. The largest absolute Gasteiger partial charge is 0.385 e. The van der Waals surface area contributed by atoms with Crippen molar-refractivity contribution in [3.8, 4) is 0 Å². The summed E-state index contributed by atoms with van der Waals surface area (Å²) in [6.07, 6.45) is 0.916. The molecule has 0 amide bonds. The first kappa shape index (κ1) is 14.6. The molecule has 0 spiro atoms. The number of hydrogen-bond donors (Lipinski definition) is 1. The van der Waals surface area contributed by atoms with E-state index in [1.807, 2.05) is 13.0 Å². The lowest BCUT2D eigenvalue weighted by atomic mass is 10.1. The molecule has 1 aromatic carbocycles. The Morgan fingerprint density at radius 3 is 2.71 bits per heavy atom. The van der Waals surface area contributed by atoms with E-state index in [0.29, 0.717) is 18.2 Å². The Morgan fingerprint density at radius 2 is 2.12 bits per heavy atom.